The number of hydrogen-bond acceptors (Lipinski definition) is 4. The normalized spacial score (nSPS) is 11.3. The Morgan fingerprint density at radius 1 is 1.07 bits per heavy atom. The number of nitriles is 1. The summed E-state index contributed by atoms with van der Waals surface area (Å²) in [5.41, 5.74) is 3.07. The summed E-state index contributed by atoms with van der Waals surface area (Å²) < 4.78 is 6.75. The van der Waals surface area contributed by atoms with E-state index in [4.69, 9.17) is 9.84 Å². The van der Waals surface area contributed by atoms with Crippen molar-refractivity contribution in [2.75, 3.05) is 6.61 Å². The van der Waals surface area contributed by atoms with E-state index in [0.717, 1.165) is 22.0 Å². The Morgan fingerprint density at radius 3 is 2.53 bits per heavy atom. The van der Waals surface area contributed by atoms with Gasteiger partial charge < -0.3 is 4.74 Å². The van der Waals surface area contributed by atoms with Crippen molar-refractivity contribution in [2.45, 2.75) is 6.92 Å². The van der Waals surface area contributed by atoms with Gasteiger partial charge in [0, 0.05) is 17.3 Å². The van der Waals surface area contributed by atoms with Gasteiger partial charge in [-0.25, -0.2) is 9.48 Å². The molecule has 1 aromatic heterocycles. The topological polar surface area (TPSA) is 67.9 Å². The molecule has 0 fully saturated rings. The minimum absolute atomic E-state index is 0.0634. The third-order valence-electron chi connectivity index (χ3n) is 4.70. The average Bonchev–Trinajstić information content (AvgIpc) is 3.21. The first-order valence-corrected chi connectivity index (χ1v) is 9.63. The molecule has 0 N–H and O–H groups in total. The van der Waals surface area contributed by atoms with Crippen LogP contribution in [-0.2, 0) is 9.53 Å². The summed E-state index contributed by atoms with van der Waals surface area (Å²) >= 11 is 0. The van der Waals surface area contributed by atoms with Gasteiger partial charge in [-0.05, 0) is 42.0 Å². The second-order valence-corrected chi connectivity index (χ2v) is 6.67. The SMILES string of the molecule is CCOC(=O)C(C#N)=Cc1cn(-c2ccccc2)nc1-c1ccc2ccccc2c1. The quantitative estimate of drug-likeness (QED) is 0.267. The van der Waals surface area contributed by atoms with Crippen LogP contribution >= 0.6 is 0 Å². The number of ether oxygens (including phenoxy) is 1. The maximum absolute atomic E-state index is 12.1. The Morgan fingerprint density at radius 2 is 1.80 bits per heavy atom. The molecular formula is C25H19N3O2. The lowest BCUT2D eigenvalue weighted by atomic mass is 10.0. The highest BCUT2D eigenvalue weighted by Gasteiger charge is 2.16. The van der Waals surface area contributed by atoms with Crippen molar-refractivity contribution in [3.05, 3.63) is 90.1 Å². The molecule has 0 spiro atoms. The van der Waals surface area contributed by atoms with Gasteiger partial charge in [0.05, 0.1) is 12.3 Å². The second kappa shape index (κ2) is 8.46. The van der Waals surface area contributed by atoms with Crippen LogP contribution in [0.3, 0.4) is 0 Å². The van der Waals surface area contributed by atoms with Crippen LogP contribution < -0.4 is 0 Å². The van der Waals surface area contributed by atoms with Gasteiger partial charge in [0.2, 0.25) is 0 Å². The molecule has 5 heteroatoms. The molecule has 0 atom stereocenters. The maximum atomic E-state index is 12.1. The van der Waals surface area contributed by atoms with Gasteiger partial charge in [-0.1, -0.05) is 54.6 Å². The summed E-state index contributed by atoms with van der Waals surface area (Å²) in [6, 6.07) is 25.8. The van der Waals surface area contributed by atoms with Crippen molar-refractivity contribution in [3.63, 3.8) is 0 Å². The van der Waals surface area contributed by atoms with Crippen LogP contribution in [-0.4, -0.2) is 22.4 Å². The number of fused-ring (bicyclic) bond motifs is 1. The number of carbonyl (C=O) groups excluding carboxylic acids is 1. The van der Waals surface area contributed by atoms with Crippen molar-refractivity contribution in [1.29, 1.82) is 5.26 Å². The van der Waals surface area contributed by atoms with E-state index in [2.05, 4.69) is 12.1 Å². The lowest BCUT2D eigenvalue weighted by Crippen LogP contribution is -2.06. The van der Waals surface area contributed by atoms with E-state index in [0.29, 0.717) is 11.3 Å². The molecule has 5 nitrogen and oxygen atoms in total. The molecule has 0 bridgehead atoms. The van der Waals surface area contributed by atoms with Crippen molar-refractivity contribution in [1.82, 2.24) is 9.78 Å². The minimum Gasteiger partial charge on any atom is -0.462 e. The van der Waals surface area contributed by atoms with Crippen molar-refractivity contribution in [3.8, 4) is 23.0 Å². The van der Waals surface area contributed by atoms with Gasteiger partial charge in [-0.2, -0.15) is 10.4 Å². The maximum Gasteiger partial charge on any atom is 0.348 e. The summed E-state index contributed by atoms with van der Waals surface area (Å²) in [7, 11) is 0. The van der Waals surface area contributed by atoms with Gasteiger partial charge in [0.25, 0.3) is 0 Å². The Labute approximate surface area is 174 Å². The zero-order valence-electron chi connectivity index (χ0n) is 16.4. The highest BCUT2D eigenvalue weighted by Crippen LogP contribution is 2.28. The van der Waals surface area contributed by atoms with E-state index in [1.54, 1.807) is 11.6 Å². The Bertz CT molecular complexity index is 1280. The lowest BCUT2D eigenvalue weighted by molar-refractivity contribution is -0.137. The molecule has 0 amide bonds. The van der Waals surface area contributed by atoms with Crippen molar-refractivity contribution >= 4 is 22.8 Å². The molecule has 4 aromatic rings. The van der Waals surface area contributed by atoms with Gasteiger partial charge in [-0.3, -0.25) is 0 Å². The van der Waals surface area contributed by atoms with Crippen molar-refractivity contribution in [2.24, 2.45) is 0 Å². The van der Waals surface area contributed by atoms with E-state index >= 15 is 0 Å². The largest absolute Gasteiger partial charge is 0.462 e. The zero-order chi connectivity index (χ0) is 20.9. The highest BCUT2D eigenvalue weighted by molar-refractivity contribution is 5.99. The molecule has 0 aliphatic carbocycles. The molecule has 0 saturated carbocycles. The predicted molar refractivity (Wildman–Crippen MR) is 117 cm³/mol. The molecule has 4 rings (SSSR count). The average molecular weight is 393 g/mol. The lowest BCUT2D eigenvalue weighted by Gasteiger charge is -2.04. The summed E-state index contributed by atoms with van der Waals surface area (Å²) in [6.45, 7) is 1.92. The summed E-state index contributed by atoms with van der Waals surface area (Å²) in [5.74, 6) is -0.642. The third-order valence-corrected chi connectivity index (χ3v) is 4.70. The monoisotopic (exact) mass is 393 g/mol. The highest BCUT2D eigenvalue weighted by atomic mass is 16.5. The van der Waals surface area contributed by atoms with Crippen LogP contribution in [0.2, 0.25) is 0 Å². The number of esters is 1. The molecule has 0 unspecified atom stereocenters. The van der Waals surface area contributed by atoms with Crippen LogP contribution in [0.4, 0.5) is 0 Å². The number of aromatic nitrogens is 2. The first kappa shape index (κ1) is 19.2. The molecule has 1 heterocycles. The zero-order valence-corrected chi connectivity index (χ0v) is 16.4. The van der Waals surface area contributed by atoms with Gasteiger partial charge >= 0.3 is 5.97 Å². The number of rotatable bonds is 5. The molecule has 0 radical (unpaired) electrons. The minimum atomic E-state index is -0.642. The molecule has 3 aromatic carbocycles. The molecule has 0 saturated heterocycles. The van der Waals surface area contributed by atoms with Gasteiger partial charge in [0.1, 0.15) is 17.3 Å². The van der Waals surface area contributed by atoms with Crippen LogP contribution in [0.15, 0.2) is 84.6 Å². The first-order valence-electron chi connectivity index (χ1n) is 9.63. The van der Waals surface area contributed by atoms with Crippen LogP contribution in [0, 0.1) is 11.3 Å². The number of hydrogen-bond donors (Lipinski definition) is 0. The van der Waals surface area contributed by atoms with Crippen molar-refractivity contribution < 1.29 is 9.53 Å². The number of carbonyl (C=O) groups is 1. The molecular weight excluding hydrogens is 374 g/mol. The van der Waals surface area contributed by atoms with E-state index < -0.39 is 5.97 Å². The Hall–Kier alpha value is -4.17. The Kier molecular flexibility index (Phi) is 5.40. The molecule has 0 aliphatic rings. The number of para-hydroxylation sites is 1. The summed E-state index contributed by atoms with van der Waals surface area (Å²) in [5, 5.41) is 16.4. The van der Waals surface area contributed by atoms with E-state index in [-0.39, 0.29) is 12.2 Å². The second-order valence-electron chi connectivity index (χ2n) is 6.67. The molecule has 146 valence electrons. The Balaban J connectivity index is 1.88. The van der Waals surface area contributed by atoms with Gasteiger partial charge in [0.15, 0.2) is 0 Å². The number of benzene rings is 3. The predicted octanol–water partition coefficient (Wildman–Crippen LogP) is 5.16. The smallest absolute Gasteiger partial charge is 0.348 e. The fourth-order valence-corrected chi connectivity index (χ4v) is 3.27. The molecule has 0 aliphatic heterocycles. The summed E-state index contributed by atoms with van der Waals surface area (Å²) in [6.07, 6.45) is 3.35. The standard InChI is InChI=1S/C25H19N3O2/c1-2-30-25(29)21(16-26)15-22-17-28(23-10-4-3-5-11-23)27-24(22)20-13-12-18-8-6-7-9-19(18)14-20/h3-15,17H,2H2,1H3. The number of nitrogens with zero attached hydrogens (tertiary/aromatic N) is 3. The third kappa shape index (κ3) is 3.85. The van der Waals surface area contributed by atoms with Gasteiger partial charge in [-0.15, -0.1) is 0 Å². The van der Waals surface area contributed by atoms with E-state index in [1.807, 2.05) is 72.9 Å². The fraction of sp³-hybridized carbons (Fsp3) is 0.0800. The van der Waals surface area contributed by atoms with E-state index in [1.165, 1.54) is 6.08 Å². The first-order chi connectivity index (χ1) is 14.7. The van der Waals surface area contributed by atoms with Crippen LogP contribution in [0.5, 0.6) is 0 Å². The molecule has 30 heavy (non-hydrogen) atoms. The summed E-state index contributed by atoms with van der Waals surface area (Å²) in [4.78, 5) is 12.1. The van der Waals surface area contributed by atoms with Crippen LogP contribution in [0.25, 0.3) is 33.8 Å². The van der Waals surface area contributed by atoms with Crippen LogP contribution in [0.1, 0.15) is 12.5 Å². The fourth-order valence-electron chi connectivity index (χ4n) is 3.27. The van der Waals surface area contributed by atoms with E-state index in [9.17, 15) is 10.1 Å².